The number of ether oxygens (including phenoxy) is 1. The van der Waals surface area contributed by atoms with E-state index in [0.717, 1.165) is 5.56 Å². The molecule has 0 aliphatic carbocycles. The van der Waals surface area contributed by atoms with Crippen molar-refractivity contribution in [2.45, 2.75) is 23.3 Å². The van der Waals surface area contributed by atoms with Crippen LogP contribution in [0.1, 0.15) is 17.9 Å². The molecule has 0 saturated heterocycles. The number of benzene rings is 1. The van der Waals surface area contributed by atoms with Crippen LogP contribution in [0, 0.1) is 0 Å². The maximum absolute atomic E-state index is 11.9. The molecule has 0 saturated carbocycles. The molecule has 1 aliphatic rings. The van der Waals surface area contributed by atoms with Crippen LogP contribution < -0.4 is 0 Å². The highest BCUT2D eigenvalue weighted by Gasteiger charge is 2.35. The molecule has 1 aromatic carbocycles. The maximum Gasteiger partial charge on any atom is 0.179 e. The molecule has 94 valence electrons. The van der Waals surface area contributed by atoms with Crippen molar-refractivity contribution in [1.29, 1.82) is 0 Å². The highest BCUT2D eigenvalue weighted by Crippen LogP contribution is 2.37. The molecule has 2 rings (SSSR count). The zero-order valence-electron chi connectivity index (χ0n) is 9.67. The van der Waals surface area contributed by atoms with Crippen molar-refractivity contribution in [1.82, 2.24) is 0 Å². The average Bonchev–Trinajstić information content (AvgIpc) is 2.52. The Morgan fingerprint density at radius 2 is 2.18 bits per heavy atom. The van der Waals surface area contributed by atoms with Gasteiger partial charge in [-0.2, -0.15) is 0 Å². The van der Waals surface area contributed by atoms with E-state index in [1.165, 1.54) is 7.11 Å². The lowest BCUT2D eigenvalue weighted by atomic mass is 9.95. The summed E-state index contributed by atoms with van der Waals surface area (Å²) in [4.78, 5) is 0.412. The van der Waals surface area contributed by atoms with E-state index in [4.69, 9.17) is 4.74 Å². The zero-order chi connectivity index (χ0) is 12.5. The van der Waals surface area contributed by atoms with Gasteiger partial charge in [0, 0.05) is 13.0 Å². The fraction of sp³-hybridized carbons (Fsp3) is 0.500. The standard InChI is InChI=1S/C12H16O4S/c1-16-7-10(13)6-9-8-17(14,15)12-5-3-2-4-11(9)12/h2-5,9-10,13H,6-8H2,1H3. The normalized spacial score (nSPS) is 23.3. The Kier molecular flexibility index (Phi) is 3.51. The first-order valence-electron chi connectivity index (χ1n) is 5.53. The van der Waals surface area contributed by atoms with Gasteiger partial charge in [0.25, 0.3) is 0 Å². The lowest BCUT2D eigenvalue weighted by Gasteiger charge is -2.14. The molecular formula is C12H16O4S. The van der Waals surface area contributed by atoms with E-state index in [9.17, 15) is 13.5 Å². The van der Waals surface area contributed by atoms with Crippen molar-refractivity contribution in [2.75, 3.05) is 19.5 Å². The Bertz CT molecular complexity index is 495. The summed E-state index contributed by atoms with van der Waals surface area (Å²) in [6.45, 7) is 0.235. The molecule has 4 nitrogen and oxygen atoms in total. The van der Waals surface area contributed by atoms with Crippen LogP contribution in [0.4, 0.5) is 0 Å². The molecular weight excluding hydrogens is 240 g/mol. The predicted octanol–water partition coefficient (Wildman–Crippen LogP) is 0.955. The van der Waals surface area contributed by atoms with Crippen molar-refractivity contribution in [3.05, 3.63) is 29.8 Å². The van der Waals surface area contributed by atoms with E-state index in [1.54, 1.807) is 12.1 Å². The number of sulfone groups is 1. The Balaban J connectivity index is 2.23. The average molecular weight is 256 g/mol. The minimum absolute atomic E-state index is 0.0904. The number of aliphatic hydroxyl groups excluding tert-OH is 1. The van der Waals surface area contributed by atoms with Crippen LogP contribution in [0.3, 0.4) is 0 Å². The molecule has 1 N–H and O–H groups in total. The van der Waals surface area contributed by atoms with Gasteiger partial charge in [0.2, 0.25) is 0 Å². The Morgan fingerprint density at radius 3 is 2.88 bits per heavy atom. The second-order valence-electron chi connectivity index (χ2n) is 4.36. The van der Waals surface area contributed by atoms with Crippen LogP contribution in [-0.4, -0.2) is 39.1 Å². The Hall–Kier alpha value is -0.910. The molecule has 0 aromatic heterocycles. The molecule has 1 heterocycles. The summed E-state index contributed by atoms with van der Waals surface area (Å²) in [5.41, 5.74) is 0.822. The van der Waals surface area contributed by atoms with Gasteiger partial charge in [-0.05, 0) is 18.1 Å². The number of fused-ring (bicyclic) bond motifs is 1. The summed E-state index contributed by atoms with van der Waals surface area (Å²) < 4.78 is 28.6. The van der Waals surface area contributed by atoms with Gasteiger partial charge in [-0.15, -0.1) is 0 Å². The maximum atomic E-state index is 11.9. The van der Waals surface area contributed by atoms with Gasteiger partial charge in [-0.25, -0.2) is 8.42 Å². The largest absolute Gasteiger partial charge is 0.391 e. The first-order chi connectivity index (χ1) is 8.04. The van der Waals surface area contributed by atoms with Crippen LogP contribution >= 0.6 is 0 Å². The Labute approximate surface area is 101 Å². The molecule has 5 heteroatoms. The van der Waals surface area contributed by atoms with Crippen molar-refractivity contribution >= 4 is 9.84 Å². The highest BCUT2D eigenvalue weighted by atomic mass is 32.2. The van der Waals surface area contributed by atoms with Crippen LogP contribution in [-0.2, 0) is 14.6 Å². The van der Waals surface area contributed by atoms with Gasteiger partial charge in [-0.1, -0.05) is 18.2 Å². The topological polar surface area (TPSA) is 63.6 Å². The molecule has 2 unspecified atom stereocenters. The van der Waals surface area contributed by atoms with Crippen molar-refractivity contribution in [2.24, 2.45) is 0 Å². The predicted molar refractivity (Wildman–Crippen MR) is 63.7 cm³/mol. The molecule has 0 bridgehead atoms. The van der Waals surface area contributed by atoms with E-state index >= 15 is 0 Å². The van der Waals surface area contributed by atoms with Crippen LogP contribution in [0.25, 0.3) is 0 Å². The molecule has 2 atom stereocenters. The van der Waals surface area contributed by atoms with E-state index in [0.29, 0.717) is 11.3 Å². The summed E-state index contributed by atoms with van der Waals surface area (Å²) in [7, 11) is -1.65. The molecule has 1 aromatic rings. The SMILES string of the molecule is COCC(O)CC1CS(=O)(=O)c2ccccc21. The number of hydrogen-bond donors (Lipinski definition) is 1. The first kappa shape index (κ1) is 12.5. The third-order valence-corrected chi connectivity index (χ3v) is 4.91. The smallest absolute Gasteiger partial charge is 0.179 e. The first-order valence-corrected chi connectivity index (χ1v) is 7.18. The van der Waals surface area contributed by atoms with Gasteiger partial charge >= 0.3 is 0 Å². The minimum atomic E-state index is -3.17. The number of methoxy groups -OCH3 is 1. The van der Waals surface area contributed by atoms with Crippen molar-refractivity contribution in [3.63, 3.8) is 0 Å². The van der Waals surface area contributed by atoms with Crippen LogP contribution in [0.15, 0.2) is 29.2 Å². The summed E-state index contributed by atoms with van der Waals surface area (Å²) in [5, 5.41) is 9.69. The van der Waals surface area contributed by atoms with Gasteiger partial charge in [-0.3, -0.25) is 0 Å². The molecule has 0 amide bonds. The van der Waals surface area contributed by atoms with E-state index < -0.39 is 15.9 Å². The van der Waals surface area contributed by atoms with Crippen molar-refractivity contribution < 1.29 is 18.3 Å². The monoisotopic (exact) mass is 256 g/mol. The molecule has 17 heavy (non-hydrogen) atoms. The fourth-order valence-electron chi connectivity index (χ4n) is 2.33. The van der Waals surface area contributed by atoms with Crippen LogP contribution in [0.5, 0.6) is 0 Å². The molecule has 0 spiro atoms. The summed E-state index contributed by atoms with van der Waals surface area (Å²) >= 11 is 0. The fourth-order valence-corrected chi connectivity index (χ4v) is 4.23. The quantitative estimate of drug-likeness (QED) is 0.871. The lowest BCUT2D eigenvalue weighted by molar-refractivity contribution is 0.0559. The number of rotatable bonds is 4. The van der Waals surface area contributed by atoms with Gasteiger partial charge in [0.1, 0.15) is 0 Å². The second-order valence-corrected chi connectivity index (χ2v) is 6.36. The number of aliphatic hydroxyl groups is 1. The molecule has 0 radical (unpaired) electrons. The Morgan fingerprint density at radius 1 is 1.47 bits per heavy atom. The van der Waals surface area contributed by atoms with Crippen molar-refractivity contribution in [3.8, 4) is 0 Å². The van der Waals surface area contributed by atoms with E-state index in [2.05, 4.69) is 0 Å². The highest BCUT2D eigenvalue weighted by molar-refractivity contribution is 7.91. The second kappa shape index (κ2) is 4.76. The van der Waals surface area contributed by atoms with E-state index in [1.807, 2.05) is 12.1 Å². The molecule has 1 aliphatic heterocycles. The number of hydrogen-bond acceptors (Lipinski definition) is 4. The van der Waals surface area contributed by atoms with E-state index in [-0.39, 0.29) is 18.3 Å². The van der Waals surface area contributed by atoms with Gasteiger partial charge in [0.05, 0.1) is 23.4 Å². The van der Waals surface area contributed by atoms with Gasteiger partial charge in [0.15, 0.2) is 9.84 Å². The van der Waals surface area contributed by atoms with Gasteiger partial charge < -0.3 is 9.84 Å². The summed E-state index contributed by atoms with van der Waals surface area (Å²) in [6, 6.07) is 7.01. The zero-order valence-corrected chi connectivity index (χ0v) is 10.5. The molecule has 0 fully saturated rings. The minimum Gasteiger partial charge on any atom is -0.391 e. The van der Waals surface area contributed by atoms with Crippen LogP contribution in [0.2, 0.25) is 0 Å². The lowest BCUT2D eigenvalue weighted by Crippen LogP contribution is -2.18. The third-order valence-electron chi connectivity index (χ3n) is 3.03. The third kappa shape index (κ3) is 2.51. The summed E-state index contributed by atoms with van der Waals surface area (Å²) in [6.07, 6.45) is -0.198. The summed E-state index contributed by atoms with van der Waals surface area (Å²) in [5.74, 6) is -0.0334.